The van der Waals surface area contributed by atoms with Gasteiger partial charge in [-0.15, -0.1) is 0 Å². The molecule has 0 amide bonds. The second-order valence-corrected chi connectivity index (χ2v) is 9.78. The van der Waals surface area contributed by atoms with E-state index in [4.69, 9.17) is 11.6 Å². The number of halogens is 1. The maximum absolute atomic E-state index is 13.2. The SMILES string of the molecule is O=S(=O)(NC1CCN(Cc2ccccc2)CC1)c1ccc(Cl)cc1-c1ccccc1. The number of likely N-dealkylation sites (tertiary alicyclic amines) is 1. The Kier molecular flexibility index (Phi) is 6.54. The van der Waals surface area contributed by atoms with Crippen LogP contribution in [0.2, 0.25) is 5.02 Å². The molecule has 6 heteroatoms. The van der Waals surface area contributed by atoms with E-state index in [-0.39, 0.29) is 10.9 Å². The highest BCUT2D eigenvalue weighted by Crippen LogP contribution is 2.30. The van der Waals surface area contributed by atoms with Gasteiger partial charge in [-0.2, -0.15) is 0 Å². The van der Waals surface area contributed by atoms with Crippen LogP contribution in [0, 0.1) is 0 Å². The molecule has 0 atom stereocenters. The van der Waals surface area contributed by atoms with E-state index in [9.17, 15) is 8.42 Å². The van der Waals surface area contributed by atoms with Crippen LogP contribution < -0.4 is 4.72 Å². The van der Waals surface area contributed by atoms with Crippen LogP contribution in [0.5, 0.6) is 0 Å². The van der Waals surface area contributed by atoms with Crippen LogP contribution in [-0.4, -0.2) is 32.4 Å². The molecule has 30 heavy (non-hydrogen) atoms. The van der Waals surface area contributed by atoms with E-state index in [2.05, 4.69) is 21.8 Å². The van der Waals surface area contributed by atoms with E-state index in [0.29, 0.717) is 10.6 Å². The predicted molar refractivity (Wildman–Crippen MR) is 122 cm³/mol. The van der Waals surface area contributed by atoms with Crippen LogP contribution in [-0.2, 0) is 16.6 Å². The Labute approximate surface area is 183 Å². The van der Waals surface area contributed by atoms with E-state index in [1.165, 1.54) is 5.56 Å². The van der Waals surface area contributed by atoms with Gasteiger partial charge in [-0.3, -0.25) is 4.90 Å². The summed E-state index contributed by atoms with van der Waals surface area (Å²) in [5.41, 5.74) is 2.74. The molecule has 0 bridgehead atoms. The molecule has 4 nitrogen and oxygen atoms in total. The quantitative estimate of drug-likeness (QED) is 0.590. The van der Waals surface area contributed by atoms with Gasteiger partial charge in [-0.1, -0.05) is 72.3 Å². The molecule has 1 N–H and O–H groups in total. The molecule has 0 radical (unpaired) electrons. The summed E-state index contributed by atoms with van der Waals surface area (Å²) < 4.78 is 29.3. The second kappa shape index (κ2) is 9.31. The van der Waals surface area contributed by atoms with Crippen molar-refractivity contribution in [2.75, 3.05) is 13.1 Å². The summed E-state index contributed by atoms with van der Waals surface area (Å²) in [6.45, 7) is 2.64. The van der Waals surface area contributed by atoms with E-state index in [1.807, 2.05) is 48.5 Å². The highest BCUT2D eigenvalue weighted by atomic mass is 35.5. The van der Waals surface area contributed by atoms with E-state index in [0.717, 1.165) is 38.0 Å². The van der Waals surface area contributed by atoms with Gasteiger partial charge in [0.05, 0.1) is 4.90 Å². The van der Waals surface area contributed by atoms with Crippen molar-refractivity contribution >= 4 is 21.6 Å². The Balaban J connectivity index is 1.46. The van der Waals surface area contributed by atoms with Gasteiger partial charge in [0.1, 0.15) is 0 Å². The number of hydrogen-bond acceptors (Lipinski definition) is 3. The predicted octanol–water partition coefficient (Wildman–Crippen LogP) is 4.95. The lowest BCUT2D eigenvalue weighted by Gasteiger charge is -2.32. The first-order valence-corrected chi connectivity index (χ1v) is 12.0. The zero-order valence-corrected chi connectivity index (χ0v) is 18.2. The third-order valence-corrected chi connectivity index (χ3v) is 7.29. The summed E-state index contributed by atoms with van der Waals surface area (Å²) >= 11 is 6.17. The maximum atomic E-state index is 13.2. The minimum atomic E-state index is -3.66. The zero-order valence-electron chi connectivity index (χ0n) is 16.7. The Morgan fingerprint density at radius 1 is 0.900 bits per heavy atom. The average molecular weight is 441 g/mol. The lowest BCUT2D eigenvalue weighted by atomic mass is 10.1. The van der Waals surface area contributed by atoms with Gasteiger partial charge >= 0.3 is 0 Å². The highest BCUT2D eigenvalue weighted by molar-refractivity contribution is 7.89. The third-order valence-electron chi connectivity index (χ3n) is 5.47. The molecule has 1 saturated heterocycles. The van der Waals surface area contributed by atoms with E-state index in [1.54, 1.807) is 18.2 Å². The van der Waals surface area contributed by atoms with Crippen molar-refractivity contribution in [3.8, 4) is 11.1 Å². The lowest BCUT2D eigenvalue weighted by Crippen LogP contribution is -2.44. The summed E-state index contributed by atoms with van der Waals surface area (Å²) in [6.07, 6.45) is 1.58. The van der Waals surface area contributed by atoms with Crippen LogP contribution in [0.25, 0.3) is 11.1 Å². The van der Waals surface area contributed by atoms with Crippen molar-refractivity contribution in [2.24, 2.45) is 0 Å². The molecule has 0 saturated carbocycles. The van der Waals surface area contributed by atoms with E-state index < -0.39 is 10.0 Å². The number of piperidine rings is 1. The van der Waals surface area contributed by atoms with Crippen molar-refractivity contribution in [3.63, 3.8) is 0 Å². The minimum Gasteiger partial charge on any atom is -0.299 e. The number of benzene rings is 3. The average Bonchev–Trinajstić information content (AvgIpc) is 2.76. The van der Waals surface area contributed by atoms with Gasteiger partial charge in [-0.25, -0.2) is 13.1 Å². The molecule has 0 aromatic heterocycles. The minimum absolute atomic E-state index is 0.0682. The molecule has 156 valence electrons. The van der Waals surface area contributed by atoms with Crippen molar-refractivity contribution < 1.29 is 8.42 Å². The number of hydrogen-bond donors (Lipinski definition) is 1. The lowest BCUT2D eigenvalue weighted by molar-refractivity contribution is 0.200. The number of sulfonamides is 1. The van der Waals surface area contributed by atoms with Crippen LogP contribution in [0.4, 0.5) is 0 Å². The standard InChI is InChI=1S/C24H25ClN2O2S/c25-21-11-12-24(23(17-21)20-9-5-2-6-10-20)30(28,29)26-22-13-15-27(16-14-22)18-19-7-3-1-4-8-19/h1-12,17,22,26H,13-16,18H2. The number of nitrogens with zero attached hydrogens (tertiary/aromatic N) is 1. The Bertz CT molecular complexity index is 1080. The fraction of sp³-hybridized carbons (Fsp3) is 0.250. The second-order valence-electron chi connectivity index (χ2n) is 7.66. The number of rotatable bonds is 6. The first-order chi connectivity index (χ1) is 14.5. The van der Waals surface area contributed by atoms with Crippen LogP contribution in [0.15, 0.2) is 83.8 Å². The van der Waals surface area contributed by atoms with Gasteiger partial charge in [0, 0.05) is 36.3 Å². The molecule has 0 spiro atoms. The van der Waals surface area contributed by atoms with Crippen molar-refractivity contribution in [2.45, 2.75) is 30.3 Å². The van der Waals surface area contributed by atoms with Crippen LogP contribution >= 0.6 is 11.6 Å². The fourth-order valence-electron chi connectivity index (χ4n) is 3.91. The zero-order chi connectivity index (χ0) is 21.0. The third kappa shape index (κ3) is 5.10. The van der Waals surface area contributed by atoms with Gasteiger partial charge in [-0.05, 0) is 42.2 Å². The summed E-state index contributed by atoms with van der Waals surface area (Å²) in [5.74, 6) is 0. The molecule has 4 rings (SSSR count). The molecule has 3 aromatic carbocycles. The topological polar surface area (TPSA) is 49.4 Å². The molecular formula is C24H25ClN2O2S. The maximum Gasteiger partial charge on any atom is 0.241 e. The Morgan fingerprint density at radius 3 is 2.20 bits per heavy atom. The smallest absolute Gasteiger partial charge is 0.241 e. The molecule has 1 heterocycles. The summed E-state index contributed by atoms with van der Waals surface area (Å²) in [6, 6.07) is 24.7. The molecule has 3 aromatic rings. The molecule has 0 aliphatic carbocycles. The monoisotopic (exact) mass is 440 g/mol. The van der Waals surface area contributed by atoms with Crippen LogP contribution in [0.3, 0.4) is 0 Å². The van der Waals surface area contributed by atoms with Crippen molar-refractivity contribution in [1.29, 1.82) is 0 Å². The molecule has 1 aliphatic rings. The van der Waals surface area contributed by atoms with Crippen molar-refractivity contribution in [3.05, 3.63) is 89.4 Å². The summed E-state index contributed by atoms with van der Waals surface area (Å²) in [7, 11) is -3.66. The first kappa shape index (κ1) is 21.1. The first-order valence-electron chi connectivity index (χ1n) is 10.1. The van der Waals surface area contributed by atoms with Gasteiger partial charge < -0.3 is 0 Å². The Morgan fingerprint density at radius 2 is 1.53 bits per heavy atom. The molecule has 1 fully saturated rings. The molecule has 1 aliphatic heterocycles. The van der Waals surface area contributed by atoms with Gasteiger partial charge in [0.25, 0.3) is 0 Å². The fourth-order valence-corrected chi connectivity index (χ4v) is 5.60. The normalized spacial score (nSPS) is 15.9. The van der Waals surface area contributed by atoms with Crippen LogP contribution in [0.1, 0.15) is 18.4 Å². The largest absolute Gasteiger partial charge is 0.299 e. The Hall–Kier alpha value is -2.18. The van der Waals surface area contributed by atoms with Crippen molar-refractivity contribution in [1.82, 2.24) is 9.62 Å². The summed E-state index contributed by atoms with van der Waals surface area (Å²) in [4.78, 5) is 2.64. The highest BCUT2D eigenvalue weighted by Gasteiger charge is 2.26. The number of nitrogens with one attached hydrogen (secondary N) is 1. The molecular weight excluding hydrogens is 416 g/mol. The van der Waals surface area contributed by atoms with Gasteiger partial charge in [0.15, 0.2) is 0 Å². The molecule has 0 unspecified atom stereocenters. The van der Waals surface area contributed by atoms with E-state index >= 15 is 0 Å². The summed E-state index contributed by atoms with van der Waals surface area (Å²) in [5, 5.41) is 0.516. The van der Waals surface area contributed by atoms with Gasteiger partial charge in [0.2, 0.25) is 10.0 Å².